The van der Waals surface area contributed by atoms with Crippen molar-refractivity contribution >= 4 is 17.2 Å². The Morgan fingerprint density at radius 1 is 1.24 bits per heavy atom. The molecule has 1 aromatic carbocycles. The van der Waals surface area contributed by atoms with Gasteiger partial charge in [0.25, 0.3) is 0 Å². The van der Waals surface area contributed by atoms with Crippen molar-refractivity contribution in [1.29, 1.82) is 0 Å². The van der Waals surface area contributed by atoms with Crippen LogP contribution in [0.25, 0.3) is 0 Å². The van der Waals surface area contributed by atoms with Crippen molar-refractivity contribution in [2.45, 2.75) is 39.7 Å². The summed E-state index contributed by atoms with van der Waals surface area (Å²) in [4.78, 5) is 3.52. The Morgan fingerprint density at radius 2 is 1.88 bits per heavy atom. The van der Waals surface area contributed by atoms with Crippen LogP contribution in [0.2, 0.25) is 0 Å². The third kappa shape index (κ3) is 2.68. The molecular weight excluding hydrogens is 226 g/mol. The average Bonchev–Trinajstić information content (AvgIpc) is 2.76. The molecule has 1 fully saturated rings. The van der Waals surface area contributed by atoms with Gasteiger partial charge in [0.05, 0.1) is 11.0 Å². The van der Waals surface area contributed by atoms with E-state index in [9.17, 15) is 0 Å². The average molecular weight is 247 g/mol. The van der Waals surface area contributed by atoms with E-state index in [-0.39, 0.29) is 5.41 Å². The number of thiocarbonyl (C=S) groups is 1. The van der Waals surface area contributed by atoms with Crippen LogP contribution in [0.4, 0.5) is 0 Å². The van der Waals surface area contributed by atoms with Gasteiger partial charge in [-0.1, -0.05) is 63.3 Å². The summed E-state index contributed by atoms with van der Waals surface area (Å²) in [6.07, 6.45) is 2.47. The third-order valence-corrected chi connectivity index (χ3v) is 4.19. The van der Waals surface area contributed by atoms with Crippen LogP contribution in [0, 0.1) is 5.41 Å². The summed E-state index contributed by atoms with van der Waals surface area (Å²) in [7, 11) is 0. The molecule has 1 heterocycles. The Bertz CT molecular complexity index is 391. The second-order valence-corrected chi connectivity index (χ2v) is 6.20. The first-order valence-corrected chi connectivity index (χ1v) is 6.77. The lowest BCUT2D eigenvalue weighted by Crippen LogP contribution is -2.37. The van der Waals surface area contributed by atoms with Crippen LogP contribution < -0.4 is 0 Å². The lowest BCUT2D eigenvalue weighted by atomic mass is 9.94. The molecule has 1 aliphatic heterocycles. The topological polar surface area (TPSA) is 3.24 Å². The second-order valence-electron chi connectivity index (χ2n) is 5.82. The van der Waals surface area contributed by atoms with Crippen molar-refractivity contribution in [3.05, 3.63) is 35.9 Å². The summed E-state index contributed by atoms with van der Waals surface area (Å²) in [5, 5.41) is 0. The minimum Gasteiger partial charge on any atom is -0.359 e. The Labute approximate surface area is 110 Å². The van der Waals surface area contributed by atoms with Crippen LogP contribution >= 0.6 is 12.2 Å². The molecule has 92 valence electrons. The molecule has 0 radical (unpaired) electrons. The number of likely N-dealkylation sites (tertiary alicyclic amines) is 1. The van der Waals surface area contributed by atoms with Crippen LogP contribution in [0.3, 0.4) is 0 Å². The summed E-state index contributed by atoms with van der Waals surface area (Å²) in [5.41, 5.74) is 1.49. The number of rotatable bonds is 1. The number of nitrogens with zero attached hydrogens (tertiary/aromatic N) is 1. The molecular formula is C15H21NS. The van der Waals surface area contributed by atoms with Gasteiger partial charge in [-0.15, -0.1) is 0 Å². The van der Waals surface area contributed by atoms with Crippen LogP contribution in [-0.4, -0.2) is 16.4 Å². The second kappa shape index (κ2) is 4.77. The van der Waals surface area contributed by atoms with Gasteiger partial charge in [0.2, 0.25) is 0 Å². The first kappa shape index (κ1) is 12.6. The van der Waals surface area contributed by atoms with Crippen molar-refractivity contribution in [3.63, 3.8) is 0 Å². The van der Waals surface area contributed by atoms with E-state index in [1.165, 1.54) is 18.4 Å². The SMILES string of the molecule is CC(C)(C)C(=S)N1CCCC1c1ccccc1. The molecule has 0 amide bonds. The Morgan fingerprint density at radius 3 is 2.47 bits per heavy atom. The zero-order chi connectivity index (χ0) is 12.5. The lowest BCUT2D eigenvalue weighted by Gasteiger charge is -2.34. The van der Waals surface area contributed by atoms with E-state index in [1.807, 2.05) is 0 Å². The van der Waals surface area contributed by atoms with Crippen LogP contribution in [-0.2, 0) is 0 Å². The zero-order valence-corrected chi connectivity index (χ0v) is 11.8. The van der Waals surface area contributed by atoms with Gasteiger partial charge in [-0.2, -0.15) is 0 Å². The van der Waals surface area contributed by atoms with Gasteiger partial charge < -0.3 is 4.90 Å². The van der Waals surface area contributed by atoms with E-state index in [0.29, 0.717) is 6.04 Å². The van der Waals surface area contributed by atoms with Gasteiger partial charge in [0.1, 0.15) is 0 Å². The van der Waals surface area contributed by atoms with Crippen LogP contribution in [0.15, 0.2) is 30.3 Å². The molecule has 0 spiro atoms. The van der Waals surface area contributed by atoms with Crippen molar-refractivity contribution in [2.75, 3.05) is 6.54 Å². The Hall–Kier alpha value is -0.890. The van der Waals surface area contributed by atoms with Crippen molar-refractivity contribution in [2.24, 2.45) is 5.41 Å². The zero-order valence-electron chi connectivity index (χ0n) is 10.9. The maximum Gasteiger partial charge on any atom is 0.0838 e. The van der Waals surface area contributed by atoms with Gasteiger partial charge in [-0.05, 0) is 18.4 Å². The molecule has 2 heteroatoms. The van der Waals surface area contributed by atoms with Crippen molar-refractivity contribution < 1.29 is 0 Å². The van der Waals surface area contributed by atoms with E-state index in [2.05, 4.69) is 56.0 Å². The highest BCUT2D eigenvalue weighted by Gasteiger charge is 2.32. The first-order valence-electron chi connectivity index (χ1n) is 6.36. The number of hydrogen-bond donors (Lipinski definition) is 0. The van der Waals surface area contributed by atoms with Crippen LogP contribution in [0.5, 0.6) is 0 Å². The summed E-state index contributed by atoms with van der Waals surface area (Å²) in [5.74, 6) is 0. The van der Waals surface area contributed by atoms with Crippen LogP contribution in [0.1, 0.15) is 45.2 Å². The molecule has 0 aliphatic carbocycles. The first-order chi connectivity index (χ1) is 8.00. The molecule has 1 unspecified atom stereocenters. The molecule has 1 aromatic rings. The van der Waals surface area contributed by atoms with E-state index in [1.54, 1.807) is 0 Å². The minimum absolute atomic E-state index is 0.0900. The Balaban J connectivity index is 2.22. The van der Waals surface area contributed by atoms with E-state index in [0.717, 1.165) is 11.5 Å². The number of hydrogen-bond acceptors (Lipinski definition) is 1. The highest BCUT2D eigenvalue weighted by molar-refractivity contribution is 7.80. The molecule has 0 N–H and O–H groups in total. The fraction of sp³-hybridized carbons (Fsp3) is 0.533. The largest absolute Gasteiger partial charge is 0.359 e. The normalized spacial score (nSPS) is 20.6. The van der Waals surface area contributed by atoms with E-state index >= 15 is 0 Å². The minimum atomic E-state index is 0.0900. The highest BCUT2D eigenvalue weighted by atomic mass is 32.1. The maximum atomic E-state index is 5.65. The van der Waals surface area contributed by atoms with Crippen molar-refractivity contribution in [3.8, 4) is 0 Å². The molecule has 1 atom stereocenters. The smallest absolute Gasteiger partial charge is 0.0838 e. The molecule has 17 heavy (non-hydrogen) atoms. The van der Waals surface area contributed by atoms with Gasteiger partial charge in [-0.25, -0.2) is 0 Å². The quantitative estimate of drug-likeness (QED) is 0.684. The summed E-state index contributed by atoms with van der Waals surface area (Å²) >= 11 is 5.65. The predicted molar refractivity (Wildman–Crippen MR) is 77.2 cm³/mol. The molecule has 1 nitrogen and oxygen atoms in total. The molecule has 2 rings (SSSR count). The van der Waals surface area contributed by atoms with Gasteiger partial charge >= 0.3 is 0 Å². The summed E-state index contributed by atoms with van der Waals surface area (Å²) < 4.78 is 0. The van der Waals surface area contributed by atoms with E-state index < -0.39 is 0 Å². The lowest BCUT2D eigenvalue weighted by molar-refractivity contribution is 0.364. The summed E-state index contributed by atoms with van der Waals surface area (Å²) in [6.45, 7) is 7.72. The third-order valence-electron chi connectivity index (χ3n) is 3.34. The predicted octanol–water partition coefficient (Wildman–Crippen LogP) is 4.20. The monoisotopic (exact) mass is 247 g/mol. The van der Waals surface area contributed by atoms with Gasteiger partial charge in [0, 0.05) is 12.0 Å². The van der Waals surface area contributed by atoms with Crippen molar-refractivity contribution in [1.82, 2.24) is 4.90 Å². The fourth-order valence-corrected chi connectivity index (χ4v) is 2.68. The molecule has 0 aromatic heterocycles. The molecule has 0 bridgehead atoms. The van der Waals surface area contributed by atoms with Gasteiger partial charge in [0.15, 0.2) is 0 Å². The molecule has 0 saturated carbocycles. The standard InChI is InChI=1S/C15H21NS/c1-15(2,3)14(17)16-11-7-10-13(16)12-8-5-4-6-9-12/h4-6,8-9,13H,7,10-11H2,1-3H3. The maximum absolute atomic E-state index is 5.65. The summed E-state index contributed by atoms with van der Waals surface area (Å²) in [6, 6.07) is 11.2. The highest BCUT2D eigenvalue weighted by Crippen LogP contribution is 2.35. The fourth-order valence-electron chi connectivity index (χ4n) is 2.46. The van der Waals surface area contributed by atoms with Gasteiger partial charge in [-0.3, -0.25) is 0 Å². The Kier molecular flexibility index (Phi) is 3.53. The molecule has 1 saturated heterocycles. The number of benzene rings is 1. The molecule has 1 aliphatic rings. The van der Waals surface area contributed by atoms with E-state index in [4.69, 9.17) is 12.2 Å².